The van der Waals surface area contributed by atoms with Gasteiger partial charge in [-0.05, 0) is 93.7 Å². The highest BCUT2D eigenvalue weighted by Crippen LogP contribution is 2.44. The average molecular weight is 522 g/mol. The topological polar surface area (TPSA) is 12.9 Å². The van der Waals surface area contributed by atoms with Gasteiger partial charge in [-0.25, -0.2) is 0 Å². The molecule has 0 radical (unpaired) electrons. The minimum absolute atomic E-state index is 0.568. The lowest BCUT2D eigenvalue weighted by atomic mass is 9.90. The second-order valence-electron chi connectivity index (χ2n) is 11.2. The molecule has 2 heterocycles. The smallest absolute Gasteiger partial charge is 0.0880 e. The van der Waals surface area contributed by atoms with Gasteiger partial charge in [0.2, 0.25) is 0 Å². The third kappa shape index (κ3) is 3.94. The first kappa shape index (κ1) is 24.1. The lowest BCUT2D eigenvalue weighted by molar-refractivity contribution is 0.650. The van der Waals surface area contributed by atoms with Crippen LogP contribution in [0.15, 0.2) is 97.2 Å². The number of aryl methyl sites for hydroxylation is 2. The van der Waals surface area contributed by atoms with Gasteiger partial charge in [0.15, 0.2) is 0 Å². The summed E-state index contributed by atoms with van der Waals surface area (Å²) in [7, 11) is 0. The molecular formula is C37H31NS. The summed E-state index contributed by atoms with van der Waals surface area (Å²) < 4.78 is 2.63. The Kier molecular flexibility index (Phi) is 5.75. The van der Waals surface area contributed by atoms with Crippen molar-refractivity contribution in [3.8, 4) is 22.4 Å². The molecule has 7 rings (SSSR count). The zero-order valence-electron chi connectivity index (χ0n) is 22.9. The molecule has 0 atom stereocenters. The summed E-state index contributed by atoms with van der Waals surface area (Å²) in [5.74, 6) is 0.568. The summed E-state index contributed by atoms with van der Waals surface area (Å²) in [5, 5.41) is 7.93. The van der Waals surface area contributed by atoms with E-state index >= 15 is 0 Å². The summed E-state index contributed by atoms with van der Waals surface area (Å²) >= 11 is 1.89. The van der Waals surface area contributed by atoms with Crippen LogP contribution in [0.1, 0.15) is 30.5 Å². The van der Waals surface area contributed by atoms with Crippen molar-refractivity contribution in [2.24, 2.45) is 5.92 Å². The van der Waals surface area contributed by atoms with Crippen LogP contribution in [-0.2, 0) is 6.42 Å². The van der Waals surface area contributed by atoms with Gasteiger partial charge in [-0.3, -0.25) is 4.98 Å². The fourth-order valence-electron chi connectivity index (χ4n) is 6.25. The van der Waals surface area contributed by atoms with E-state index in [1.165, 1.54) is 75.1 Å². The Hall–Kier alpha value is -4.01. The molecule has 190 valence electrons. The molecule has 2 heteroatoms. The van der Waals surface area contributed by atoms with Gasteiger partial charge >= 0.3 is 0 Å². The van der Waals surface area contributed by atoms with Crippen LogP contribution in [0.5, 0.6) is 0 Å². The van der Waals surface area contributed by atoms with Gasteiger partial charge in [-0.1, -0.05) is 86.6 Å². The average Bonchev–Trinajstić information content (AvgIpc) is 3.33. The lowest BCUT2D eigenvalue weighted by Crippen LogP contribution is -1.97. The zero-order chi connectivity index (χ0) is 26.7. The SMILES string of the molecule is Cc1ccccc1-c1ccc2c(sc3c(-c4cc(CC(C)C)c5c(ccc6ccccc65)c4)nccc32)c1C. The maximum atomic E-state index is 5.00. The zero-order valence-corrected chi connectivity index (χ0v) is 23.7. The molecule has 7 aromatic rings. The molecule has 0 aliphatic carbocycles. The molecule has 0 aliphatic heterocycles. The molecule has 0 unspecified atom stereocenters. The van der Waals surface area contributed by atoms with E-state index in [1.807, 2.05) is 17.5 Å². The normalized spacial score (nSPS) is 11.9. The van der Waals surface area contributed by atoms with Crippen LogP contribution in [0.2, 0.25) is 0 Å². The van der Waals surface area contributed by atoms with Crippen LogP contribution in [0, 0.1) is 19.8 Å². The van der Waals surface area contributed by atoms with Gasteiger partial charge in [0.1, 0.15) is 0 Å². The monoisotopic (exact) mass is 521 g/mol. The molecule has 0 saturated carbocycles. The van der Waals surface area contributed by atoms with E-state index in [9.17, 15) is 0 Å². The molecule has 39 heavy (non-hydrogen) atoms. The number of nitrogens with zero attached hydrogens (tertiary/aromatic N) is 1. The Morgan fingerprint density at radius 2 is 1.46 bits per heavy atom. The third-order valence-corrected chi connectivity index (χ3v) is 9.41. The summed E-state index contributed by atoms with van der Waals surface area (Å²) in [6.07, 6.45) is 3.03. The Bertz CT molecular complexity index is 2040. The maximum Gasteiger partial charge on any atom is 0.0880 e. The molecule has 0 aliphatic rings. The Balaban J connectivity index is 1.48. The van der Waals surface area contributed by atoms with Crippen molar-refractivity contribution < 1.29 is 0 Å². The molecule has 0 spiro atoms. The van der Waals surface area contributed by atoms with Gasteiger partial charge in [0.05, 0.1) is 10.4 Å². The first-order valence-electron chi connectivity index (χ1n) is 13.8. The van der Waals surface area contributed by atoms with Crippen LogP contribution >= 0.6 is 11.3 Å². The van der Waals surface area contributed by atoms with Crippen molar-refractivity contribution in [2.75, 3.05) is 0 Å². The minimum atomic E-state index is 0.568. The molecular weight excluding hydrogens is 490 g/mol. The Labute approximate surface area is 233 Å². The number of rotatable bonds is 4. The lowest BCUT2D eigenvalue weighted by Gasteiger charge is -2.15. The van der Waals surface area contributed by atoms with Crippen molar-refractivity contribution in [2.45, 2.75) is 34.1 Å². The molecule has 0 N–H and O–H groups in total. The Morgan fingerprint density at radius 3 is 2.31 bits per heavy atom. The summed E-state index contributed by atoms with van der Waals surface area (Å²) in [6.45, 7) is 9.09. The van der Waals surface area contributed by atoms with E-state index in [0.29, 0.717) is 5.92 Å². The van der Waals surface area contributed by atoms with Crippen molar-refractivity contribution in [3.05, 3.63) is 114 Å². The van der Waals surface area contributed by atoms with Crippen LogP contribution < -0.4 is 0 Å². The van der Waals surface area contributed by atoms with E-state index in [2.05, 4.69) is 119 Å². The van der Waals surface area contributed by atoms with Gasteiger partial charge in [-0.2, -0.15) is 0 Å². The molecule has 1 nitrogen and oxygen atoms in total. The number of benzene rings is 5. The van der Waals surface area contributed by atoms with Gasteiger partial charge in [0.25, 0.3) is 0 Å². The van der Waals surface area contributed by atoms with Crippen molar-refractivity contribution >= 4 is 53.1 Å². The van der Waals surface area contributed by atoms with Gasteiger partial charge < -0.3 is 0 Å². The quantitative estimate of drug-likeness (QED) is 0.210. The van der Waals surface area contributed by atoms with Crippen LogP contribution in [0.25, 0.3) is 64.1 Å². The van der Waals surface area contributed by atoms with Crippen LogP contribution in [0.3, 0.4) is 0 Å². The summed E-state index contributed by atoms with van der Waals surface area (Å²) in [6, 6.07) is 33.5. The summed E-state index contributed by atoms with van der Waals surface area (Å²) in [4.78, 5) is 5.00. The van der Waals surface area contributed by atoms with Gasteiger partial charge in [0, 0.05) is 27.2 Å². The second kappa shape index (κ2) is 9.32. The number of hydrogen-bond acceptors (Lipinski definition) is 2. The fraction of sp³-hybridized carbons (Fsp3) is 0.162. The van der Waals surface area contributed by atoms with Crippen molar-refractivity contribution in [1.82, 2.24) is 4.98 Å². The molecule has 0 amide bonds. The molecule has 5 aromatic carbocycles. The molecule has 2 aromatic heterocycles. The van der Waals surface area contributed by atoms with E-state index in [4.69, 9.17) is 4.98 Å². The minimum Gasteiger partial charge on any atom is -0.255 e. The molecule has 0 bridgehead atoms. The number of fused-ring (bicyclic) bond motifs is 6. The fourth-order valence-corrected chi connectivity index (χ4v) is 7.56. The van der Waals surface area contributed by atoms with Crippen LogP contribution in [-0.4, -0.2) is 4.98 Å². The van der Waals surface area contributed by atoms with E-state index < -0.39 is 0 Å². The Morgan fingerprint density at radius 1 is 0.692 bits per heavy atom. The first-order valence-corrected chi connectivity index (χ1v) is 14.6. The summed E-state index contributed by atoms with van der Waals surface area (Å²) in [5.41, 5.74) is 9.00. The predicted molar refractivity (Wildman–Crippen MR) is 171 cm³/mol. The molecule has 0 saturated heterocycles. The highest BCUT2D eigenvalue weighted by Gasteiger charge is 2.18. The highest BCUT2D eigenvalue weighted by molar-refractivity contribution is 7.26. The van der Waals surface area contributed by atoms with Crippen molar-refractivity contribution in [1.29, 1.82) is 0 Å². The van der Waals surface area contributed by atoms with Crippen LogP contribution in [0.4, 0.5) is 0 Å². The number of hydrogen-bond donors (Lipinski definition) is 0. The second-order valence-corrected chi connectivity index (χ2v) is 12.2. The van der Waals surface area contributed by atoms with E-state index in [1.54, 1.807) is 0 Å². The molecule has 0 fully saturated rings. The number of pyridine rings is 1. The standard InChI is InChI=1S/C37H31NS/c1-22(2)19-27-21-28(20-26-14-13-25-10-6-8-12-31(25)34(26)27)35-37-33(17-18-38-35)32-16-15-30(24(4)36(32)39-37)29-11-7-5-9-23(29)3/h5-18,20-22H,19H2,1-4H3. The van der Waals surface area contributed by atoms with Crippen molar-refractivity contribution in [3.63, 3.8) is 0 Å². The third-order valence-electron chi connectivity index (χ3n) is 8.06. The highest BCUT2D eigenvalue weighted by atomic mass is 32.1. The first-order chi connectivity index (χ1) is 19.0. The van der Waals surface area contributed by atoms with E-state index in [0.717, 1.165) is 12.1 Å². The predicted octanol–water partition coefficient (Wildman–Crippen LogP) is 10.9. The van der Waals surface area contributed by atoms with E-state index in [-0.39, 0.29) is 0 Å². The van der Waals surface area contributed by atoms with Gasteiger partial charge in [-0.15, -0.1) is 11.3 Å². The number of aromatic nitrogens is 1. The largest absolute Gasteiger partial charge is 0.255 e. The maximum absolute atomic E-state index is 5.00. The number of thiophene rings is 1.